The van der Waals surface area contributed by atoms with Crippen LogP contribution in [0.5, 0.6) is 0 Å². The van der Waals surface area contributed by atoms with E-state index < -0.39 is 7.55 Å². The topological polar surface area (TPSA) is 0 Å². The van der Waals surface area contributed by atoms with Gasteiger partial charge in [-0.05, 0) is 0 Å². The Morgan fingerprint density at radius 1 is 1.20 bits per heavy atom. The highest BCUT2D eigenvalue weighted by atomic mass is 35.7. The molecular formula is ClF3P+. The molecule has 0 saturated carbocycles. The molecule has 5 heteroatoms. The average molecular weight is 123 g/mol. The lowest BCUT2D eigenvalue weighted by atomic mass is 18.8. The van der Waals surface area contributed by atoms with E-state index in [-0.39, 0.29) is 0 Å². The molecule has 0 saturated heterocycles. The first-order valence-corrected chi connectivity index (χ1v) is 3.04. The molecule has 0 aliphatic heterocycles. The lowest BCUT2D eigenvalue weighted by Crippen LogP contribution is -1.34. The van der Waals surface area contributed by atoms with E-state index in [1.54, 1.807) is 0 Å². The summed E-state index contributed by atoms with van der Waals surface area (Å²) in [6.45, 7) is 0. The lowest BCUT2D eigenvalue weighted by molar-refractivity contribution is 0.619. The normalized spacial score (nSPS) is 12.0. The van der Waals surface area contributed by atoms with Gasteiger partial charge in [0.15, 0.2) is 0 Å². The first-order chi connectivity index (χ1) is 2.00. The summed E-state index contributed by atoms with van der Waals surface area (Å²) in [5.41, 5.74) is 0. The molecule has 0 N–H and O–H groups in total. The van der Waals surface area contributed by atoms with E-state index in [0.29, 0.717) is 0 Å². The first-order valence-electron chi connectivity index (χ1n) is 0.676. The molecule has 0 aromatic carbocycles. The quantitative estimate of drug-likeness (QED) is 0.435. The van der Waals surface area contributed by atoms with Crippen molar-refractivity contribution in [3.05, 3.63) is 0 Å². The van der Waals surface area contributed by atoms with Crippen LogP contribution in [0.3, 0.4) is 0 Å². The van der Waals surface area contributed by atoms with Gasteiger partial charge in [-0.3, -0.25) is 0 Å². The second-order valence-corrected chi connectivity index (χ2v) is 2.30. The molecule has 0 unspecified atom stereocenters. The van der Waals surface area contributed by atoms with Crippen molar-refractivity contribution in [2.24, 2.45) is 0 Å². The lowest BCUT2D eigenvalue weighted by Gasteiger charge is -1.65. The second-order valence-electron chi connectivity index (χ2n) is 0.383. The average Bonchev–Trinajstić information content (AvgIpc) is 0.722. The summed E-state index contributed by atoms with van der Waals surface area (Å²) < 4.78 is 30.7. The molecule has 0 amide bonds. The minimum Gasteiger partial charge on any atom is 0.0415 e. The molecule has 0 bridgehead atoms. The maximum atomic E-state index is 10.2. The van der Waals surface area contributed by atoms with Crippen molar-refractivity contribution in [2.75, 3.05) is 0 Å². The van der Waals surface area contributed by atoms with Crippen molar-refractivity contribution < 1.29 is 12.6 Å². The predicted molar refractivity (Wildman–Crippen MR) is 16.1 cm³/mol. The molecule has 0 fully saturated rings. The van der Waals surface area contributed by atoms with E-state index >= 15 is 0 Å². The van der Waals surface area contributed by atoms with E-state index in [4.69, 9.17) is 0 Å². The van der Waals surface area contributed by atoms with Gasteiger partial charge in [0, 0.05) is 12.6 Å². The van der Waals surface area contributed by atoms with Crippen LogP contribution in [0, 0.1) is 0 Å². The summed E-state index contributed by atoms with van der Waals surface area (Å²) in [5, 5.41) is 0. The smallest absolute Gasteiger partial charge is 0.0415 e. The van der Waals surface area contributed by atoms with Crippen molar-refractivity contribution in [3.8, 4) is 0 Å². The summed E-state index contributed by atoms with van der Waals surface area (Å²) in [4.78, 5) is 0. The van der Waals surface area contributed by atoms with Gasteiger partial charge in [-0.2, -0.15) is 0 Å². The fourth-order valence-electron chi connectivity index (χ4n) is 0. The van der Waals surface area contributed by atoms with Crippen LogP contribution in [0.2, 0.25) is 0 Å². The summed E-state index contributed by atoms with van der Waals surface area (Å²) in [6.07, 6.45) is 0. The minimum atomic E-state index is -5.42. The van der Waals surface area contributed by atoms with E-state index in [9.17, 15) is 12.6 Å². The zero-order valence-electron chi connectivity index (χ0n) is 1.96. The summed E-state index contributed by atoms with van der Waals surface area (Å²) in [6, 6.07) is 0. The molecular weight excluding hydrogens is 123 g/mol. The summed E-state index contributed by atoms with van der Waals surface area (Å²) in [7, 11) is -5.42. The Bertz CT molecular complexity index is 22.4. The summed E-state index contributed by atoms with van der Waals surface area (Å²) >= 11 is 3.64. The van der Waals surface area contributed by atoms with Gasteiger partial charge in [0.05, 0.1) is 0 Å². The number of hydrogen-bond donors (Lipinski definition) is 0. The highest BCUT2D eigenvalue weighted by Crippen LogP contribution is 2.69. The van der Waals surface area contributed by atoms with Crippen LogP contribution in [0.15, 0.2) is 0 Å². The Kier molecular flexibility index (Phi) is 1.44. The number of halogens is 4. The van der Waals surface area contributed by atoms with Gasteiger partial charge < -0.3 is 0 Å². The van der Waals surface area contributed by atoms with Crippen LogP contribution < -0.4 is 0 Å². The molecule has 32 valence electrons. The molecule has 0 rings (SSSR count). The Morgan fingerprint density at radius 3 is 1.20 bits per heavy atom. The zero-order valence-corrected chi connectivity index (χ0v) is 3.61. The van der Waals surface area contributed by atoms with Crippen LogP contribution in [0.25, 0.3) is 0 Å². The van der Waals surface area contributed by atoms with E-state index in [0.717, 1.165) is 0 Å². The maximum absolute atomic E-state index is 10.2. The maximum Gasteiger partial charge on any atom is 0.667 e. The van der Waals surface area contributed by atoms with Crippen molar-refractivity contribution in [3.63, 3.8) is 0 Å². The molecule has 0 radical (unpaired) electrons. The van der Waals surface area contributed by atoms with Gasteiger partial charge in [0.1, 0.15) is 0 Å². The van der Waals surface area contributed by atoms with Gasteiger partial charge in [-0.1, -0.05) is 0 Å². The van der Waals surface area contributed by atoms with Gasteiger partial charge in [-0.25, -0.2) is 0 Å². The van der Waals surface area contributed by atoms with Gasteiger partial charge in [-0.15, -0.1) is 0 Å². The van der Waals surface area contributed by atoms with Crippen LogP contribution in [0.1, 0.15) is 0 Å². The summed E-state index contributed by atoms with van der Waals surface area (Å²) in [5.74, 6) is 0. The molecule has 0 aromatic heterocycles. The van der Waals surface area contributed by atoms with Gasteiger partial charge >= 0.3 is 7.55 Å². The Balaban J connectivity index is 3.02. The highest BCUT2D eigenvalue weighted by molar-refractivity contribution is 7.86. The van der Waals surface area contributed by atoms with Gasteiger partial charge in [0.25, 0.3) is 0 Å². The molecule has 0 heterocycles. The molecule has 0 aliphatic rings. The van der Waals surface area contributed by atoms with Crippen LogP contribution in [-0.2, 0) is 0 Å². The number of hydrogen-bond acceptors (Lipinski definition) is 0. The van der Waals surface area contributed by atoms with Crippen molar-refractivity contribution in [2.45, 2.75) is 0 Å². The number of rotatable bonds is 0. The van der Waals surface area contributed by atoms with Crippen molar-refractivity contribution >= 4 is 18.8 Å². The third kappa shape index (κ3) is 109. The third-order valence-electron chi connectivity index (χ3n) is 0. The SMILES string of the molecule is F[P+](F)(F)Cl. The molecule has 0 aliphatic carbocycles. The van der Waals surface area contributed by atoms with Gasteiger partial charge in [0.2, 0.25) is 11.2 Å². The standard InChI is InChI=1S/ClF3P/c1-5(2,3)4/q+1. The van der Waals surface area contributed by atoms with E-state index in [1.165, 1.54) is 0 Å². The van der Waals surface area contributed by atoms with E-state index in [2.05, 4.69) is 11.2 Å². The van der Waals surface area contributed by atoms with Crippen molar-refractivity contribution in [1.82, 2.24) is 0 Å². The first kappa shape index (κ1) is 5.51. The molecule has 0 spiro atoms. The zero-order chi connectivity index (χ0) is 4.50. The highest BCUT2D eigenvalue weighted by Gasteiger charge is 2.40. The fourth-order valence-corrected chi connectivity index (χ4v) is 0. The Morgan fingerprint density at radius 2 is 1.20 bits per heavy atom. The molecule has 5 heavy (non-hydrogen) atoms. The van der Waals surface area contributed by atoms with Crippen LogP contribution in [0.4, 0.5) is 12.6 Å². The second kappa shape index (κ2) is 1.31. The van der Waals surface area contributed by atoms with Crippen molar-refractivity contribution in [1.29, 1.82) is 0 Å². The predicted octanol–water partition coefficient (Wildman–Crippen LogP) is 2.81. The minimum absolute atomic E-state index is 3.64. The Hall–Kier alpha value is 0.510. The monoisotopic (exact) mass is 123 g/mol. The largest absolute Gasteiger partial charge is 0.667 e. The van der Waals surface area contributed by atoms with E-state index in [1.807, 2.05) is 0 Å². The molecule has 0 nitrogen and oxygen atoms in total. The molecule has 0 aromatic rings. The third-order valence-corrected chi connectivity index (χ3v) is 0. The Labute approximate surface area is 32.4 Å². The van der Waals surface area contributed by atoms with Crippen LogP contribution >= 0.6 is 18.8 Å². The molecule has 0 atom stereocenters. The van der Waals surface area contributed by atoms with Crippen LogP contribution in [-0.4, -0.2) is 0 Å². The fraction of sp³-hybridized carbons (Fsp3) is 0.